The van der Waals surface area contributed by atoms with Gasteiger partial charge in [0.05, 0.1) is 5.92 Å². The molecule has 2 aliphatic heterocycles. The van der Waals surface area contributed by atoms with Crippen molar-refractivity contribution in [1.29, 1.82) is 0 Å². The van der Waals surface area contributed by atoms with Gasteiger partial charge in [-0.2, -0.15) is 0 Å². The van der Waals surface area contributed by atoms with Crippen LogP contribution in [-0.4, -0.2) is 52.8 Å². The summed E-state index contributed by atoms with van der Waals surface area (Å²) < 4.78 is 0. The molecule has 1 unspecified atom stereocenters. The van der Waals surface area contributed by atoms with E-state index in [0.29, 0.717) is 12.2 Å². The molecule has 126 valence electrons. The Hall–Kier alpha value is -1.78. The summed E-state index contributed by atoms with van der Waals surface area (Å²) in [6.07, 6.45) is 4.04. The number of amides is 2. The number of carbonyl (C=O) groups excluding carboxylic acids is 2. The molecular weight excluding hydrogens is 290 g/mol. The van der Waals surface area contributed by atoms with Crippen molar-refractivity contribution < 1.29 is 9.59 Å². The zero-order chi connectivity index (χ0) is 16.6. The minimum absolute atomic E-state index is 0.0248. The van der Waals surface area contributed by atoms with E-state index in [4.69, 9.17) is 0 Å². The van der Waals surface area contributed by atoms with Crippen molar-refractivity contribution >= 4 is 11.8 Å². The van der Waals surface area contributed by atoms with Crippen LogP contribution in [0.2, 0.25) is 0 Å². The van der Waals surface area contributed by atoms with Gasteiger partial charge in [0, 0.05) is 31.9 Å². The van der Waals surface area contributed by atoms with Crippen molar-refractivity contribution in [3.8, 4) is 0 Å². The minimum atomic E-state index is -0.0248. The van der Waals surface area contributed by atoms with Gasteiger partial charge in [0.15, 0.2) is 0 Å². The average molecular weight is 317 g/mol. The van der Waals surface area contributed by atoms with Gasteiger partial charge in [0.25, 0.3) is 5.91 Å². The maximum absolute atomic E-state index is 12.8. The summed E-state index contributed by atoms with van der Waals surface area (Å²) in [5.74, 6) is 0.261. The maximum Gasteiger partial charge on any atom is 0.270 e. The molecule has 1 atom stereocenters. The predicted molar refractivity (Wildman–Crippen MR) is 89.4 cm³/mol. The standard InChI is InChI=1S/C18H27N3O2/c1-12-13(2)16(19-14(12)3)18(23)21-10-6-7-15(11-21)17(22)20-8-4-5-9-20/h15,19H,4-11H2,1-3H3. The second kappa shape index (κ2) is 6.38. The number of aryl methyl sites for hydroxylation is 1. The van der Waals surface area contributed by atoms with E-state index in [-0.39, 0.29) is 17.7 Å². The Labute approximate surface area is 138 Å². The number of carbonyl (C=O) groups is 2. The van der Waals surface area contributed by atoms with E-state index >= 15 is 0 Å². The minimum Gasteiger partial charge on any atom is -0.354 e. The molecule has 0 bridgehead atoms. The second-order valence-corrected chi connectivity index (χ2v) is 7.00. The molecule has 2 amide bonds. The number of aromatic amines is 1. The lowest BCUT2D eigenvalue weighted by Crippen LogP contribution is -2.46. The first-order valence-corrected chi connectivity index (χ1v) is 8.73. The van der Waals surface area contributed by atoms with Crippen molar-refractivity contribution in [1.82, 2.24) is 14.8 Å². The van der Waals surface area contributed by atoms with E-state index in [0.717, 1.165) is 62.1 Å². The monoisotopic (exact) mass is 317 g/mol. The highest BCUT2D eigenvalue weighted by Gasteiger charge is 2.33. The second-order valence-electron chi connectivity index (χ2n) is 7.00. The Bertz CT molecular complexity index is 614. The summed E-state index contributed by atoms with van der Waals surface area (Å²) >= 11 is 0. The number of hydrogen-bond acceptors (Lipinski definition) is 2. The molecule has 2 aliphatic rings. The molecule has 1 aromatic rings. The van der Waals surface area contributed by atoms with Crippen LogP contribution in [0.4, 0.5) is 0 Å². The van der Waals surface area contributed by atoms with Crippen LogP contribution in [0.1, 0.15) is 53.0 Å². The number of piperidine rings is 1. The number of hydrogen-bond donors (Lipinski definition) is 1. The first-order chi connectivity index (χ1) is 11.0. The van der Waals surface area contributed by atoms with Crippen LogP contribution in [0, 0.1) is 26.7 Å². The quantitative estimate of drug-likeness (QED) is 0.911. The number of rotatable bonds is 2. The summed E-state index contributed by atoms with van der Waals surface area (Å²) in [7, 11) is 0. The van der Waals surface area contributed by atoms with Gasteiger partial charge in [-0.05, 0) is 57.6 Å². The average Bonchev–Trinajstić information content (AvgIpc) is 3.18. The topological polar surface area (TPSA) is 56.4 Å². The highest BCUT2D eigenvalue weighted by Crippen LogP contribution is 2.24. The summed E-state index contributed by atoms with van der Waals surface area (Å²) in [6, 6.07) is 0. The van der Waals surface area contributed by atoms with Gasteiger partial charge in [-0.1, -0.05) is 0 Å². The van der Waals surface area contributed by atoms with Crippen LogP contribution < -0.4 is 0 Å². The molecule has 5 heteroatoms. The predicted octanol–water partition coefficient (Wildman–Crippen LogP) is 2.41. The van der Waals surface area contributed by atoms with Gasteiger partial charge in [-0.3, -0.25) is 9.59 Å². The van der Waals surface area contributed by atoms with Gasteiger partial charge in [0.2, 0.25) is 5.91 Å². The van der Waals surface area contributed by atoms with E-state index in [1.807, 2.05) is 30.6 Å². The largest absolute Gasteiger partial charge is 0.354 e. The zero-order valence-corrected chi connectivity index (χ0v) is 14.4. The van der Waals surface area contributed by atoms with Crippen LogP contribution in [0.5, 0.6) is 0 Å². The molecule has 2 fully saturated rings. The van der Waals surface area contributed by atoms with Gasteiger partial charge in [-0.15, -0.1) is 0 Å². The van der Waals surface area contributed by atoms with Gasteiger partial charge in [-0.25, -0.2) is 0 Å². The third-order valence-corrected chi connectivity index (χ3v) is 5.50. The summed E-state index contributed by atoms with van der Waals surface area (Å²) in [6.45, 7) is 9.10. The highest BCUT2D eigenvalue weighted by atomic mass is 16.2. The first-order valence-electron chi connectivity index (χ1n) is 8.73. The van der Waals surface area contributed by atoms with Crippen molar-refractivity contribution in [3.63, 3.8) is 0 Å². The number of H-pyrrole nitrogens is 1. The van der Waals surface area contributed by atoms with E-state index in [1.54, 1.807) is 0 Å². The van der Waals surface area contributed by atoms with E-state index in [9.17, 15) is 9.59 Å². The Morgan fingerprint density at radius 3 is 2.22 bits per heavy atom. The summed E-state index contributed by atoms with van der Waals surface area (Å²) in [5.41, 5.74) is 3.91. The van der Waals surface area contributed by atoms with E-state index < -0.39 is 0 Å². The van der Waals surface area contributed by atoms with Gasteiger partial charge in [0.1, 0.15) is 5.69 Å². The molecular formula is C18H27N3O2. The summed E-state index contributed by atoms with van der Waals surface area (Å²) in [4.78, 5) is 32.5. The van der Waals surface area contributed by atoms with Gasteiger partial charge >= 0.3 is 0 Å². The lowest BCUT2D eigenvalue weighted by Gasteiger charge is -2.33. The van der Waals surface area contributed by atoms with Crippen LogP contribution in [-0.2, 0) is 4.79 Å². The Morgan fingerprint density at radius 1 is 0.957 bits per heavy atom. The van der Waals surface area contributed by atoms with Crippen LogP contribution in [0.25, 0.3) is 0 Å². The Kier molecular flexibility index (Phi) is 4.46. The SMILES string of the molecule is Cc1[nH]c(C(=O)N2CCCC(C(=O)N3CCCC3)C2)c(C)c1C. The van der Waals surface area contributed by atoms with Crippen LogP contribution >= 0.6 is 0 Å². The molecule has 5 nitrogen and oxygen atoms in total. The molecule has 1 N–H and O–H groups in total. The third kappa shape index (κ3) is 3.01. The molecule has 3 heterocycles. The molecule has 2 saturated heterocycles. The molecule has 0 aromatic carbocycles. The normalized spacial score (nSPS) is 21.8. The fourth-order valence-corrected chi connectivity index (χ4v) is 3.77. The molecule has 1 aromatic heterocycles. The number of aromatic nitrogens is 1. The van der Waals surface area contributed by atoms with E-state index in [1.165, 1.54) is 0 Å². The molecule has 3 rings (SSSR count). The Morgan fingerprint density at radius 2 is 1.61 bits per heavy atom. The maximum atomic E-state index is 12.8. The lowest BCUT2D eigenvalue weighted by molar-refractivity contribution is -0.135. The number of likely N-dealkylation sites (tertiary alicyclic amines) is 2. The smallest absolute Gasteiger partial charge is 0.270 e. The first kappa shape index (κ1) is 16.1. The van der Waals surface area contributed by atoms with Crippen LogP contribution in [0.15, 0.2) is 0 Å². The zero-order valence-electron chi connectivity index (χ0n) is 14.4. The van der Waals surface area contributed by atoms with Crippen molar-refractivity contribution in [2.45, 2.75) is 46.5 Å². The van der Waals surface area contributed by atoms with Crippen molar-refractivity contribution in [2.24, 2.45) is 5.92 Å². The van der Waals surface area contributed by atoms with Crippen molar-refractivity contribution in [2.75, 3.05) is 26.2 Å². The fourth-order valence-electron chi connectivity index (χ4n) is 3.77. The molecule has 0 saturated carbocycles. The summed E-state index contributed by atoms with van der Waals surface area (Å²) in [5, 5.41) is 0. The number of nitrogens with one attached hydrogen (secondary N) is 1. The molecule has 0 aliphatic carbocycles. The van der Waals surface area contributed by atoms with Gasteiger partial charge < -0.3 is 14.8 Å². The third-order valence-electron chi connectivity index (χ3n) is 5.50. The van der Waals surface area contributed by atoms with E-state index in [2.05, 4.69) is 4.98 Å². The lowest BCUT2D eigenvalue weighted by atomic mass is 9.96. The van der Waals surface area contributed by atoms with Crippen molar-refractivity contribution in [3.05, 3.63) is 22.5 Å². The highest BCUT2D eigenvalue weighted by molar-refractivity contribution is 5.95. The fraction of sp³-hybridized carbons (Fsp3) is 0.667. The molecule has 23 heavy (non-hydrogen) atoms. The Balaban J connectivity index is 1.71. The number of nitrogens with zero attached hydrogens (tertiary/aromatic N) is 2. The molecule has 0 radical (unpaired) electrons. The molecule has 0 spiro atoms. The van der Waals surface area contributed by atoms with Crippen LogP contribution in [0.3, 0.4) is 0 Å².